The third-order valence-electron chi connectivity index (χ3n) is 4.11. The molecule has 0 spiro atoms. The van der Waals surface area contributed by atoms with Gasteiger partial charge in [0.1, 0.15) is 12.4 Å². The maximum Gasteiger partial charge on any atom is 0.171 e. The molecule has 0 aromatic heterocycles. The third kappa shape index (κ3) is 5.61. The molecule has 25 heavy (non-hydrogen) atoms. The van der Waals surface area contributed by atoms with E-state index in [4.69, 9.17) is 17.0 Å². The first-order valence-corrected chi connectivity index (χ1v) is 8.92. The molecule has 0 bridgehead atoms. The Balaban J connectivity index is 2.02. The van der Waals surface area contributed by atoms with E-state index in [0.29, 0.717) is 11.7 Å². The average Bonchev–Trinajstić information content (AvgIpc) is 2.60. The summed E-state index contributed by atoms with van der Waals surface area (Å²) in [6, 6.07) is 14.5. The van der Waals surface area contributed by atoms with E-state index in [-0.39, 0.29) is 6.04 Å². The molecule has 2 rings (SSSR count). The van der Waals surface area contributed by atoms with Crippen molar-refractivity contribution in [2.45, 2.75) is 33.2 Å². The summed E-state index contributed by atoms with van der Waals surface area (Å²) in [4.78, 5) is 0. The van der Waals surface area contributed by atoms with Crippen molar-refractivity contribution in [2.75, 3.05) is 11.9 Å². The van der Waals surface area contributed by atoms with Crippen molar-refractivity contribution in [3.8, 4) is 5.75 Å². The lowest BCUT2D eigenvalue weighted by molar-refractivity contribution is 0.363. The van der Waals surface area contributed by atoms with Crippen LogP contribution in [0.5, 0.6) is 5.75 Å². The van der Waals surface area contributed by atoms with Crippen LogP contribution in [-0.4, -0.2) is 11.7 Å². The Labute approximate surface area is 156 Å². The Morgan fingerprint density at radius 3 is 2.68 bits per heavy atom. The summed E-state index contributed by atoms with van der Waals surface area (Å²) in [7, 11) is 0. The predicted molar refractivity (Wildman–Crippen MR) is 110 cm³/mol. The van der Waals surface area contributed by atoms with Gasteiger partial charge in [0.05, 0.1) is 6.04 Å². The SMILES string of the molecule is C=CCOc1cccc(NC(=S)N[C@@H](CC)c2ccc(C)c(C)c2)c1. The van der Waals surface area contributed by atoms with E-state index < -0.39 is 0 Å². The first-order valence-electron chi connectivity index (χ1n) is 8.52. The van der Waals surface area contributed by atoms with Crippen molar-refractivity contribution in [1.29, 1.82) is 0 Å². The van der Waals surface area contributed by atoms with Crippen molar-refractivity contribution < 1.29 is 4.74 Å². The zero-order valence-electron chi connectivity index (χ0n) is 15.1. The molecular formula is C21H26N2OS. The molecule has 0 heterocycles. The van der Waals surface area contributed by atoms with Crippen LogP contribution < -0.4 is 15.4 Å². The standard InChI is InChI=1S/C21H26N2OS/c1-5-12-24-19-9-7-8-18(14-19)22-21(25)23-20(6-2)17-11-10-15(3)16(4)13-17/h5,7-11,13-14,20H,1,6,12H2,2-4H3,(H2,22,23,25)/t20-/m0/s1. The number of rotatable bonds is 7. The topological polar surface area (TPSA) is 33.3 Å². The van der Waals surface area contributed by atoms with E-state index in [1.807, 2.05) is 24.3 Å². The quantitative estimate of drug-likeness (QED) is 0.522. The summed E-state index contributed by atoms with van der Waals surface area (Å²) in [5.74, 6) is 0.786. The van der Waals surface area contributed by atoms with Gasteiger partial charge in [-0.1, -0.05) is 43.8 Å². The smallest absolute Gasteiger partial charge is 0.171 e. The van der Waals surface area contributed by atoms with Gasteiger partial charge in [0.2, 0.25) is 0 Å². The fourth-order valence-electron chi connectivity index (χ4n) is 2.55. The normalized spacial score (nSPS) is 11.5. The highest BCUT2D eigenvalue weighted by atomic mass is 32.1. The summed E-state index contributed by atoms with van der Waals surface area (Å²) < 4.78 is 5.55. The number of ether oxygens (including phenoxy) is 1. The van der Waals surface area contributed by atoms with Gasteiger partial charge < -0.3 is 15.4 Å². The number of anilines is 1. The Hall–Kier alpha value is -2.33. The van der Waals surface area contributed by atoms with Gasteiger partial charge >= 0.3 is 0 Å². The third-order valence-corrected chi connectivity index (χ3v) is 4.33. The van der Waals surface area contributed by atoms with E-state index in [9.17, 15) is 0 Å². The molecule has 0 radical (unpaired) electrons. The van der Waals surface area contributed by atoms with Crippen molar-refractivity contribution in [3.63, 3.8) is 0 Å². The molecule has 2 aromatic carbocycles. The van der Waals surface area contributed by atoms with Crippen LogP contribution in [0.2, 0.25) is 0 Å². The zero-order chi connectivity index (χ0) is 18.2. The lowest BCUT2D eigenvalue weighted by Gasteiger charge is -2.21. The summed E-state index contributed by atoms with van der Waals surface area (Å²) >= 11 is 5.49. The number of hydrogen-bond donors (Lipinski definition) is 2. The maximum atomic E-state index is 5.55. The van der Waals surface area contributed by atoms with Crippen LogP contribution in [0.25, 0.3) is 0 Å². The van der Waals surface area contributed by atoms with E-state index in [2.05, 4.69) is 56.2 Å². The van der Waals surface area contributed by atoms with Crippen molar-refractivity contribution >= 4 is 23.0 Å². The van der Waals surface area contributed by atoms with Gasteiger partial charge in [-0.25, -0.2) is 0 Å². The molecule has 4 heteroatoms. The largest absolute Gasteiger partial charge is 0.489 e. The molecule has 0 saturated carbocycles. The lowest BCUT2D eigenvalue weighted by atomic mass is 9.99. The lowest BCUT2D eigenvalue weighted by Crippen LogP contribution is -2.32. The van der Waals surface area contributed by atoms with Crippen LogP contribution >= 0.6 is 12.2 Å². The van der Waals surface area contributed by atoms with Gasteiger partial charge in [-0.05, 0) is 61.3 Å². The molecule has 0 aliphatic carbocycles. The summed E-state index contributed by atoms with van der Waals surface area (Å²) in [6.45, 7) is 10.6. The molecule has 1 atom stereocenters. The van der Waals surface area contributed by atoms with Gasteiger partial charge in [-0.2, -0.15) is 0 Å². The van der Waals surface area contributed by atoms with Gasteiger partial charge in [-0.3, -0.25) is 0 Å². The number of hydrogen-bond acceptors (Lipinski definition) is 2. The van der Waals surface area contributed by atoms with Crippen LogP contribution in [0.4, 0.5) is 5.69 Å². The molecule has 0 aliphatic rings. The van der Waals surface area contributed by atoms with Crippen LogP contribution in [0.3, 0.4) is 0 Å². The number of aryl methyl sites for hydroxylation is 2. The van der Waals surface area contributed by atoms with E-state index in [1.54, 1.807) is 6.08 Å². The first kappa shape index (κ1) is 19.0. The Morgan fingerprint density at radius 2 is 2.00 bits per heavy atom. The molecular weight excluding hydrogens is 328 g/mol. The molecule has 0 saturated heterocycles. The predicted octanol–water partition coefficient (Wildman–Crippen LogP) is 5.31. The highest BCUT2D eigenvalue weighted by molar-refractivity contribution is 7.80. The minimum Gasteiger partial charge on any atom is -0.489 e. The van der Waals surface area contributed by atoms with Crippen LogP contribution in [0.15, 0.2) is 55.1 Å². The summed E-state index contributed by atoms with van der Waals surface area (Å²) in [5, 5.41) is 7.24. The van der Waals surface area contributed by atoms with Crippen LogP contribution in [-0.2, 0) is 0 Å². The number of benzene rings is 2. The van der Waals surface area contributed by atoms with Gasteiger partial charge in [0, 0.05) is 11.8 Å². The Kier molecular flexibility index (Phi) is 7.02. The molecule has 3 nitrogen and oxygen atoms in total. The van der Waals surface area contributed by atoms with Gasteiger partial charge in [0.15, 0.2) is 5.11 Å². The van der Waals surface area contributed by atoms with E-state index in [0.717, 1.165) is 17.9 Å². The fraction of sp³-hybridized carbons (Fsp3) is 0.286. The second-order valence-corrected chi connectivity index (χ2v) is 6.44. The van der Waals surface area contributed by atoms with E-state index in [1.165, 1.54) is 16.7 Å². The van der Waals surface area contributed by atoms with Crippen molar-refractivity contribution in [2.24, 2.45) is 0 Å². The summed E-state index contributed by atoms with van der Waals surface area (Å²) in [5.41, 5.74) is 4.74. The van der Waals surface area contributed by atoms with Crippen LogP contribution in [0.1, 0.15) is 36.1 Å². The van der Waals surface area contributed by atoms with Gasteiger partial charge in [0.25, 0.3) is 0 Å². The highest BCUT2D eigenvalue weighted by Gasteiger charge is 2.11. The number of thiocarbonyl (C=S) groups is 1. The van der Waals surface area contributed by atoms with Crippen molar-refractivity contribution in [3.05, 3.63) is 71.8 Å². The molecule has 0 fully saturated rings. The number of nitrogens with one attached hydrogen (secondary N) is 2. The second kappa shape index (κ2) is 9.23. The molecule has 2 N–H and O–H groups in total. The minimum atomic E-state index is 0.180. The average molecular weight is 355 g/mol. The monoisotopic (exact) mass is 354 g/mol. The maximum absolute atomic E-state index is 5.55. The first-order chi connectivity index (χ1) is 12.0. The van der Waals surface area contributed by atoms with Crippen molar-refractivity contribution in [1.82, 2.24) is 5.32 Å². The molecule has 0 amide bonds. The molecule has 0 aliphatic heterocycles. The highest BCUT2D eigenvalue weighted by Crippen LogP contribution is 2.21. The zero-order valence-corrected chi connectivity index (χ0v) is 16.0. The molecule has 0 unspecified atom stereocenters. The Bertz CT molecular complexity index is 742. The fourth-order valence-corrected chi connectivity index (χ4v) is 2.81. The minimum absolute atomic E-state index is 0.180. The summed E-state index contributed by atoms with van der Waals surface area (Å²) in [6.07, 6.45) is 2.68. The molecule has 132 valence electrons. The van der Waals surface area contributed by atoms with Crippen LogP contribution in [0, 0.1) is 13.8 Å². The second-order valence-electron chi connectivity index (χ2n) is 6.03. The molecule has 2 aromatic rings. The van der Waals surface area contributed by atoms with E-state index >= 15 is 0 Å². The van der Waals surface area contributed by atoms with Gasteiger partial charge in [-0.15, -0.1) is 0 Å². The Morgan fingerprint density at radius 1 is 1.20 bits per heavy atom.